The van der Waals surface area contributed by atoms with E-state index < -0.39 is 17.7 Å². The van der Waals surface area contributed by atoms with Gasteiger partial charge in [-0.3, -0.25) is 0 Å². The van der Waals surface area contributed by atoms with Crippen LogP contribution in [0.1, 0.15) is 67.4 Å². The minimum Gasteiger partial charge on any atom is -0.465 e. The highest BCUT2D eigenvalue weighted by Gasteiger charge is 2.41. The number of hydrogen-bond acceptors (Lipinski definition) is 5. The molecule has 2 fully saturated rings. The van der Waals surface area contributed by atoms with Crippen molar-refractivity contribution < 1.29 is 22.7 Å². The molecule has 0 radical (unpaired) electrons. The molecular formula is C31H34F3N3O2. The first-order valence-corrected chi connectivity index (χ1v) is 13.4. The third-order valence-electron chi connectivity index (χ3n) is 8.22. The highest BCUT2D eigenvalue weighted by molar-refractivity contribution is 5.95. The molecule has 5 rings (SSSR count). The van der Waals surface area contributed by atoms with E-state index in [9.17, 15) is 18.0 Å². The van der Waals surface area contributed by atoms with Gasteiger partial charge in [0.05, 0.1) is 12.7 Å². The maximum atomic E-state index is 13.8. The number of aromatic nitrogens is 1. The summed E-state index contributed by atoms with van der Waals surface area (Å²) in [5.74, 6) is 1.82. The Morgan fingerprint density at radius 1 is 0.949 bits per heavy atom. The van der Waals surface area contributed by atoms with E-state index >= 15 is 0 Å². The molecule has 2 aliphatic rings. The number of anilines is 4. The third kappa shape index (κ3) is 6.05. The van der Waals surface area contributed by atoms with Gasteiger partial charge >= 0.3 is 12.1 Å². The first kappa shape index (κ1) is 27.0. The first-order chi connectivity index (χ1) is 18.5. The second-order valence-electron chi connectivity index (χ2n) is 11.5. The van der Waals surface area contributed by atoms with Crippen LogP contribution >= 0.6 is 0 Å². The van der Waals surface area contributed by atoms with Gasteiger partial charge in [0.2, 0.25) is 0 Å². The Hall–Kier alpha value is -3.55. The average Bonchev–Trinajstić information content (AvgIpc) is 2.87. The summed E-state index contributed by atoms with van der Waals surface area (Å²) in [4.78, 5) is 16.2. The number of esters is 1. The van der Waals surface area contributed by atoms with Gasteiger partial charge < -0.3 is 15.4 Å². The average molecular weight is 538 g/mol. The molecule has 39 heavy (non-hydrogen) atoms. The molecule has 2 bridgehead atoms. The molecular weight excluding hydrogens is 503 g/mol. The van der Waals surface area contributed by atoms with Gasteiger partial charge in [-0.1, -0.05) is 26.0 Å². The molecule has 3 aromatic rings. The van der Waals surface area contributed by atoms with E-state index in [-0.39, 0.29) is 28.2 Å². The number of halogens is 3. The van der Waals surface area contributed by atoms with Crippen LogP contribution in [0.2, 0.25) is 0 Å². The van der Waals surface area contributed by atoms with Gasteiger partial charge in [-0.25, -0.2) is 9.78 Å². The lowest BCUT2D eigenvalue weighted by Gasteiger charge is -2.47. The second kappa shape index (κ2) is 10.5. The molecule has 0 spiro atoms. The summed E-state index contributed by atoms with van der Waals surface area (Å²) in [5, 5.41) is 5.98. The lowest BCUT2D eigenvalue weighted by Crippen LogP contribution is -2.38. The molecule has 2 aromatic carbocycles. The number of carbonyl (C=O) groups is 1. The van der Waals surface area contributed by atoms with Crippen molar-refractivity contribution in [2.75, 3.05) is 17.7 Å². The van der Waals surface area contributed by atoms with E-state index in [2.05, 4.69) is 41.6 Å². The van der Waals surface area contributed by atoms with Crippen molar-refractivity contribution in [3.8, 4) is 0 Å². The molecule has 2 atom stereocenters. The number of nitrogens with zero attached hydrogens (tertiary/aromatic N) is 1. The highest BCUT2D eigenvalue weighted by Crippen LogP contribution is 2.51. The number of alkyl halides is 3. The molecule has 206 valence electrons. The van der Waals surface area contributed by atoms with Gasteiger partial charge in [0.15, 0.2) is 0 Å². The maximum absolute atomic E-state index is 13.8. The fourth-order valence-corrected chi connectivity index (χ4v) is 6.80. The van der Waals surface area contributed by atoms with Gasteiger partial charge in [0.1, 0.15) is 11.4 Å². The smallest absolute Gasteiger partial charge is 0.416 e. The number of rotatable bonds is 6. The van der Waals surface area contributed by atoms with Crippen LogP contribution in [0.25, 0.3) is 0 Å². The summed E-state index contributed by atoms with van der Waals surface area (Å²) >= 11 is 0. The number of pyridine rings is 1. The summed E-state index contributed by atoms with van der Waals surface area (Å²) < 4.78 is 46.1. The van der Waals surface area contributed by atoms with E-state index in [0.717, 1.165) is 29.9 Å². The van der Waals surface area contributed by atoms with Crippen molar-refractivity contribution in [2.24, 2.45) is 17.8 Å². The Labute approximate surface area is 227 Å². The summed E-state index contributed by atoms with van der Waals surface area (Å²) in [6.07, 6.45) is 3.20. The summed E-state index contributed by atoms with van der Waals surface area (Å²) in [6, 6.07) is 14.8. The van der Waals surface area contributed by atoms with Crippen molar-refractivity contribution in [3.05, 3.63) is 77.5 Å². The number of methoxy groups -OCH3 is 1. The Morgan fingerprint density at radius 3 is 2.21 bits per heavy atom. The Morgan fingerprint density at radius 2 is 1.59 bits per heavy atom. The van der Waals surface area contributed by atoms with Crippen LogP contribution in [0.3, 0.4) is 0 Å². The zero-order chi connectivity index (χ0) is 27.8. The van der Waals surface area contributed by atoms with Crippen LogP contribution < -0.4 is 10.6 Å². The number of ether oxygens (including phenoxy) is 1. The van der Waals surface area contributed by atoms with Crippen LogP contribution in [0.5, 0.6) is 0 Å². The largest absolute Gasteiger partial charge is 0.465 e. The van der Waals surface area contributed by atoms with Crippen molar-refractivity contribution in [3.63, 3.8) is 0 Å². The molecule has 2 unspecified atom stereocenters. The zero-order valence-corrected chi connectivity index (χ0v) is 22.4. The fourth-order valence-electron chi connectivity index (χ4n) is 6.80. The number of nitrogens with one attached hydrogen (secondary N) is 2. The van der Waals surface area contributed by atoms with E-state index in [0.29, 0.717) is 5.69 Å². The van der Waals surface area contributed by atoms with Crippen molar-refractivity contribution in [1.82, 2.24) is 4.98 Å². The molecule has 5 nitrogen and oxygen atoms in total. The first-order valence-electron chi connectivity index (χ1n) is 13.4. The zero-order valence-electron chi connectivity index (χ0n) is 22.4. The molecule has 2 aliphatic carbocycles. The van der Waals surface area contributed by atoms with E-state index in [1.807, 2.05) is 12.1 Å². The monoisotopic (exact) mass is 537 g/mol. The topological polar surface area (TPSA) is 63.2 Å². The quantitative estimate of drug-likeness (QED) is 0.309. The van der Waals surface area contributed by atoms with Gasteiger partial charge in [-0.05, 0) is 103 Å². The van der Waals surface area contributed by atoms with Crippen molar-refractivity contribution in [2.45, 2.75) is 57.5 Å². The predicted octanol–water partition coefficient (Wildman–Crippen LogP) is 8.48. The van der Waals surface area contributed by atoms with Crippen LogP contribution in [0.15, 0.2) is 60.8 Å². The molecule has 0 aliphatic heterocycles. The highest BCUT2D eigenvalue weighted by atomic mass is 19.4. The fraction of sp³-hybridized carbons (Fsp3) is 0.419. The summed E-state index contributed by atoms with van der Waals surface area (Å²) in [7, 11) is 1.23. The SMILES string of the molecule is COC(=O)c1cccnc1Nc1cc(Nc2ccc(C3(C)CC4CC(C)CC(C4)C3)cc2)cc(C(F)(F)F)c1. The van der Waals surface area contributed by atoms with Crippen LogP contribution in [0, 0.1) is 17.8 Å². The lowest BCUT2D eigenvalue weighted by atomic mass is 9.57. The van der Waals surface area contributed by atoms with Crippen molar-refractivity contribution >= 4 is 28.8 Å². The molecule has 1 heterocycles. The maximum Gasteiger partial charge on any atom is 0.416 e. The third-order valence-corrected chi connectivity index (χ3v) is 8.22. The Bertz CT molecular complexity index is 1320. The van der Waals surface area contributed by atoms with Crippen LogP contribution in [0.4, 0.5) is 36.1 Å². The minimum atomic E-state index is -4.56. The normalized spacial score (nSPS) is 24.6. The molecule has 2 saturated carbocycles. The minimum absolute atomic E-state index is 0.110. The molecule has 8 heteroatoms. The molecule has 0 saturated heterocycles. The van der Waals surface area contributed by atoms with Crippen LogP contribution in [-0.4, -0.2) is 18.1 Å². The van der Waals surface area contributed by atoms with Crippen molar-refractivity contribution in [1.29, 1.82) is 0 Å². The van der Waals surface area contributed by atoms with Crippen LogP contribution in [-0.2, 0) is 16.3 Å². The second-order valence-corrected chi connectivity index (χ2v) is 11.5. The van der Waals surface area contributed by atoms with Gasteiger partial charge in [0.25, 0.3) is 0 Å². The molecule has 2 N–H and O–H groups in total. The number of hydrogen-bond donors (Lipinski definition) is 2. The predicted molar refractivity (Wildman–Crippen MR) is 147 cm³/mol. The standard InChI is InChI=1S/C31H34F3N3O2/c1-19-11-20-13-21(12-19)18-30(2,17-20)22-6-8-24(9-7-22)36-25-14-23(31(32,33)34)15-26(16-25)37-28-27(29(38)39-3)5-4-10-35-28/h4-10,14-16,19-21,36H,11-13,17-18H2,1-3H3,(H,35,37). The van der Waals surface area contributed by atoms with E-state index in [1.54, 1.807) is 12.1 Å². The van der Waals surface area contributed by atoms with Gasteiger partial charge in [-0.2, -0.15) is 13.2 Å². The number of carbonyl (C=O) groups excluding carboxylic acids is 1. The van der Waals surface area contributed by atoms with Gasteiger partial charge in [-0.15, -0.1) is 0 Å². The lowest BCUT2D eigenvalue weighted by molar-refractivity contribution is -0.137. The van der Waals surface area contributed by atoms with E-state index in [1.165, 1.54) is 57.0 Å². The number of benzene rings is 2. The van der Waals surface area contributed by atoms with Gasteiger partial charge in [0, 0.05) is 23.3 Å². The Kier molecular flexibility index (Phi) is 7.31. The number of fused-ring (bicyclic) bond motifs is 2. The molecule has 0 amide bonds. The van der Waals surface area contributed by atoms with E-state index in [4.69, 9.17) is 4.74 Å². The summed E-state index contributed by atoms with van der Waals surface area (Å²) in [5.41, 5.74) is 1.82. The summed E-state index contributed by atoms with van der Waals surface area (Å²) in [6.45, 7) is 4.72. The molecule has 1 aromatic heterocycles. The Balaban J connectivity index is 1.38.